The molecule has 150 valence electrons. The molecule has 0 saturated carbocycles. The molecule has 2 aromatic rings. The fourth-order valence-electron chi connectivity index (χ4n) is 2.47. The Balaban J connectivity index is 1.92. The van der Waals surface area contributed by atoms with Crippen LogP contribution in [0.4, 0.5) is 0 Å². The number of amides is 3. The molecule has 2 rings (SSSR count). The van der Waals surface area contributed by atoms with Gasteiger partial charge in [-0.3, -0.25) is 14.4 Å². The van der Waals surface area contributed by atoms with Gasteiger partial charge >= 0.3 is 0 Å². The summed E-state index contributed by atoms with van der Waals surface area (Å²) in [5.41, 5.74) is 0.395. The molecule has 0 aliphatic heterocycles. The third-order valence-corrected chi connectivity index (χ3v) is 4.36. The zero-order chi connectivity index (χ0) is 20.7. The molecule has 8 heteroatoms. The van der Waals surface area contributed by atoms with Crippen LogP contribution in [0, 0.1) is 5.92 Å². The van der Waals surface area contributed by atoms with E-state index in [1.807, 2.05) is 13.8 Å². The maximum atomic E-state index is 12.6. The minimum absolute atomic E-state index is 0.172. The van der Waals surface area contributed by atoms with Gasteiger partial charge in [-0.05, 0) is 49.2 Å². The van der Waals surface area contributed by atoms with Gasteiger partial charge in [0, 0.05) is 10.6 Å². The second-order valence-electron chi connectivity index (χ2n) is 6.73. The Kier molecular flexibility index (Phi) is 7.63. The van der Waals surface area contributed by atoms with Crippen LogP contribution in [-0.4, -0.2) is 29.8 Å². The van der Waals surface area contributed by atoms with Crippen molar-refractivity contribution in [1.29, 1.82) is 0 Å². The Morgan fingerprint density at radius 2 is 1.68 bits per heavy atom. The number of hydrogen-bond acceptors (Lipinski definition) is 4. The van der Waals surface area contributed by atoms with Crippen LogP contribution >= 0.6 is 11.6 Å². The Hall–Kier alpha value is -2.80. The summed E-state index contributed by atoms with van der Waals surface area (Å²) >= 11 is 5.83. The van der Waals surface area contributed by atoms with E-state index in [-0.39, 0.29) is 24.3 Å². The fourth-order valence-corrected chi connectivity index (χ4v) is 2.60. The quantitative estimate of drug-likeness (QED) is 0.628. The molecule has 28 heavy (non-hydrogen) atoms. The van der Waals surface area contributed by atoms with Gasteiger partial charge in [0.15, 0.2) is 0 Å². The Bertz CT molecular complexity index is 803. The van der Waals surface area contributed by atoms with E-state index in [4.69, 9.17) is 16.0 Å². The van der Waals surface area contributed by atoms with Crippen molar-refractivity contribution in [1.82, 2.24) is 16.0 Å². The Morgan fingerprint density at radius 1 is 1.00 bits per heavy atom. The van der Waals surface area contributed by atoms with Crippen LogP contribution in [0.1, 0.15) is 36.9 Å². The van der Waals surface area contributed by atoms with E-state index in [2.05, 4.69) is 16.0 Å². The average molecular weight is 406 g/mol. The molecule has 7 nitrogen and oxygen atoms in total. The lowest BCUT2D eigenvalue weighted by molar-refractivity contribution is -0.130. The topological polar surface area (TPSA) is 100 Å². The standard InChI is InChI=1S/C20H24ClN3O4/c1-12(2)17(24-19(26)14-6-8-15(21)9-7-14)20(27)23-13(3)18(25)22-11-16-5-4-10-28-16/h4-10,12-13,17H,11H2,1-3H3,(H,22,25)(H,23,27)(H,24,26). The van der Waals surface area contributed by atoms with Crippen molar-refractivity contribution in [2.75, 3.05) is 0 Å². The number of carbonyl (C=O) groups excluding carboxylic acids is 3. The molecule has 0 bridgehead atoms. The van der Waals surface area contributed by atoms with Crippen molar-refractivity contribution < 1.29 is 18.8 Å². The smallest absolute Gasteiger partial charge is 0.251 e. The normalized spacial score (nSPS) is 12.9. The summed E-state index contributed by atoms with van der Waals surface area (Å²) in [6.45, 7) is 5.43. The lowest BCUT2D eigenvalue weighted by Crippen LogP contribution is -2.54. The molecule has 0 aliphatic rings. The van der Waals surface area contributed by atoms with Gasteiger partial charge in [0.2, 0.25) is 11.8 Å². The van der Waals surface area contributed by atoms with Crippen molar-refractivity contribution in [2.24, 2.45) is 5.92 Å². The monoisotopic (exact) mass is 405 g/mol. The third-order valence-electron chi connectivity index (χ3n) is 4.11. The number of carbonyl (C=O) groups is 3. The summed E-state index contributed by atoms with van der Waals surface area (Å²) in [6.07, 6.45) is 1.52. The molecular weight excluding hydrogens is 382 g/mol. The summed E-state index contributed by atoms with van der Waals surface area (Å²) in [7, 11) is 0. The van der Waals surface area contributed by atoms with E-state index in [1.165, 1.54) is 6.26 Å². The predicted octanol–water partition coefficient (Wildman–Crippen LogP) is 2.51. The summed E-state index contributed by atoms with van der Waals surface area (Å²) in [6, 6.07) is 8.28. The molecule has 0 fully saturated rings. The van der Waals surface area contributed by atoms with Crippen molar-refractivity contribution in [3.05, 3.63) is 59.0 Å². The second kappa shape index (κ2) is 9.94. The Morgan fingerprint density at radius 3 is 2.25 bits per heavy atom. The van der Waals surface area contributed by atoms with Crippen molar-refractivity contribution in [2.45, 2.75) is 39.4 Å². The minimum Gasteiger partial charge on any atom is -0.467 e. The van der Waals surface area contributed by atoms with Crippen molar-refractivity contribution in [3.8, 4) is 0 Å². The fraction of sp³-hybridized carbons (Fsp3) is 0.350. The molecule has 0 saturated heterocycles. The highest BCUT2D eigenvalue weighted by atomic mass is 35.5. The van der Waals surface area contributed by atoms with Crippen LogP contribution in [0.3, 0.4) is 0 Å². The van der Waals surface area contributed by atoms with Crippen LogP contribution in [0.2, 0.25) is 5.02 Å². The Labute approximate surface area is 168 Å². The van der Waals surface area contributed by atoms with Gasteiger partial charge < -0.3 is 20.4 Å². The maximum Gasteiger partial charge on any atom is 0.251 e. The van der Waals surface area contributed by atoms with Gasteiger partial charge in [-0.1, -0.05) is 25.4 Å². The highest BCUT2D eigenvalue weighted by molar-refractivity contribution is 6.30. The molecule has 1 heterocycles. The second-order valence-corrected chi connectivity index (χ2v) is 7.17. The number of rotatable bonds is 8. The van der Waals surface area contributed by atoms with E-state index in [0.29, 0.717) is 16.3 Å². The molecule has 2 atom stereocenters. The van der Waals surface area contributed by atoms with Crippen LogP contribution in [0.5, 0.6) is 0 Å². The first-order valence-electron chi connectivity index (χ1n) is 8.95. The summed E-state index contributed by atoms with van der Waals surface area (Å²) in [5, 5.41) is 8.55. The summed E-state index contributed by atoms with van der Waals surface area (Å²) in [5.74, 6) is -0.730. The molecule has 1 aromatic heterocycles. The van der Waals surface area contributed by atoms with Gasteiger partial charge in [0.25, 0.3) is 5.91 Å². The number of hydrogen-bond donors (Lipinski definition) is 3. The zero-order valence-corrected chi connectivity index (χ0v) is 16.7. The van der Waals surface area contributed by atoms with E-state index in [9.17, 15) is 14.4 Å². The molecule has 0 aliphatic carbocycles. The first kappa shape index (κ1) is 21.5. The van der Waals surface area contributed by atoms with Gasteiger partial charge in [-0.15, -0.1) is 0 Å². The largest absolute Gasteiger partial charge is 0.467 e. The van der Waals surface area contributed by atoms with Gasteiger partial charge in [-0.25, -0.2) is 0 Å². The first-order valence-corrected chi connectivity index (χ1v) is 9.32. The predicted molar refractivity (Wildman–Crippen MR) is 106 cm³/mol. The molecule has 3 N–H and O–H groups in total. The molecule has 2 unspecified atom stereocenters. The number of halogens is 1. The first-order chi connectivity index (χ1) is 13.3. The molecule has 0 radical (unpaired) electrons. The van der Waals surface area contributed by atoms with Crippen LogP contribution in [0.15, 0.2) is 47.1 Å². The number of benzene rings is 1. The summed E-state index contributed by atoms with van der Waals surface area (Å²) < 4.78 is 5.15. The average Bonchev–Trinajstić information content (AvgIpc) is 3.17. The number of nitrogens with one attached hydrogen (secondary N) is 3. The van der Waals surface area contributed by atoms with E-state index in [1.54, 1.807) is 43.3 Å². The van der Waals surface area contributed by atoms with Crippen molar-refractivity contribution in [3.63, 3.8) is 0 Å². The van der Waals surface area contributed by atoms with Gasteiger partial charge in [0.05, 0.1) is 12.8 Å². The third kappa shape index (κ3) is 6.13. The lowest BCUT2D eigenvalue weighted by atomic mass is 10.0. The van der Waals surface area contributed by atoms with Crippen molar-refractivity contribution >= 4 is 29.3 Å². The van der Waals surface area contributed by atoms with Crippen LogP contribution in [-0.2, 0) is 16.1 Å². The van der Waals surface area contributed by atoms with Crippen LogP contribution in [0.25, 0.3) is 0 Å². The highest BCUT2D eigenvalue weighted by Crippen LogP contribution is 2.11. The highest BCUT2D eigenvalue weighted by Gasteiger charge is 2.27. The minimum atomic E-state index is -0.788. The molecule has 3 amide bonds. The van der Waals surface area contributed by atoms with E-state index in [0.717, 1.165) is 0 Å². The molecular formula is C20H24ClN3O4. The molecule has 1 aromatic carbocycles. The van der Waals surface area contributed by atoms with E-state index >= 15 is 0 Å². The SMILES string of the molecule is CC(NC(=O)C(NC(=O)c1ccc(Cl)cc1)C(C)C)C(=O)NCc1ccco1. The number of furan rings is 1. The molecule has 0 spiro atoms. The van der Waals surface area contributed by atoms with E-state index < -0.39 is 18.0 Å². The summed E-state index contributed by atoms with van der Waals surface area (Å²) in [4.78, 5) is 37.2. The zero-order valence-electron chi connectivity index (χ0n) is 16.0. The maximum absolute atomic E-state index is 12.6. The van der Waals surface area contributed by atoms with Crippen LogP contribution < -0.4 is 16.0 Å². The van der Waals surface area contributed by atoms with Gasteiger partial charge in [0.1, 0.15) is 17.8 Å². The van der Waals surface area contributed by atoms with Gasteiger partial charge in [-0.2, -0.15) is 0 Å². The lowest BCUT2D eigenvalue weighted by Gasteiger charge is -2.23.